The first-order chi connectivity index (χ1) is 40.7. The Morgan fingerprint density at radius 1 is 0.183 bits per heavy atom. The molecule has 6 heteroatoms. The summed E-state index contributed by atoms with van der Waals surface area (Å²) in [7, 11) is 0. The highest BCUT2D eigenvalue weighted by Gasteiger charge is 2.22. The molecule has 0 saturated heterocycles. The molecule has 6 nitrogen and oxygen atoms in total. The van der Waals surface area contributed by atoms with E-state index in [0.717, 1.165) is 106 Å². The van der Waals surface area contributed by atoms with Crippen LogP contribution in [-0.4, -0.2) is 28.2 Å². The Balaban J connectivity index is 0.979. The molecule has 12 aromatic carbocycles. The molecule has 0 N–H and O–H groups in total. The molecule has 0 amide bonds. The molecule has 5 heterocycles. The van der Waals surface area contributed by atoms with Gasteiger partial charge in [-0.2, -0.15) is 0 Å². The van der Waals surface area contributed by atoms with E-state index in [1.54, 1.807) is 0 Å². The zero-order chi connectivity index (χ0) is 53.8. The van der Waals surface area contributed by atoms with E-state index in [9.17, 15) is 0 Å². The first-order valence-corrected chi connectivity index (χ1v) is 28.0. The molecule has 0 aliphatic rings. The van der Waals surface area contributed by atoms with E-state index in [1.165, 1.54) is 43.1 Å². The fourth-order valence-electron chi connectivity index (χ4n) is 13.1. The van der Waals surface area contributed by atoms with Gasteiger partial charge in [-0.25, -0.2) is 9.97 Å². The Labute approximate surface area is 471 Å². The molecule has 382 valence electrons. The second-order valence-electron chi connectivity index (χ2n) is 21.4. The van der Waals surface area contributed by atoms with Gasteiger partial charge in [-0.1, -0.05) is 194 Å². The summed E-state index contributed by atoms with van der Waals surface area (Å²) in [6.45, 7) is 0. The molecular formula is C76H48N6. The van der Waals surface area contributed by atoms with Crippen LogP contribution in [-0.2, 0) is 0 Å². The molecule has 0 aliphatic carbocycles. The molecular weight excluding hydrogens is 997 g/mol. The normalized spacial score (nSPS) is 11.9. The molecule has 0 spiro atoms. The largest absolute Gasteiger partial charge is 0.309 e. The van der Waals surface area contributed by atoms with Crippen molar-refractivity contribution in [1.29, 1.82) is 0 Å². The van der Waals surface area contributed by atoms with Gasteiger partial charge >= 0.3 is 0 Å². The molecule has 0 saturated carbocycles. The zero-order valence-corrected chi connectivity index (χ0v) is 44.4. The monoisotopic (exact) mass is 1040 g/mol. The average Bonchev–Trinajstić information content (AvgIpc) is 4.24. The molecule has 0 aliphatic heterocycles. The number of rotatable bonds is 8. The quantitative estimate of drug-likeness (QED) is 0.152. The third-order valence-electron chi connectivity index (χ3n) is 16.7. The summed E-state index contributed by atoms with van der Waals surface area (Å²) in [5.41, 5.74) is 19.8. The molecule has 82 heavy (non-hydrogen) atoms. The fraction of sp³-hybridized carbons (Fsp3) is 0. The molecule has 0 fully saturated rings. The van der Waals surface area contributed by atoms with E-state index >= 15 is 0 Å². The van der Waals surface area contributed by atoms with Gasteiger partial charge in [0, 0.05) is 82.5 Å². The maximum Gasteiger partial charge on any atom is 0.160 e. The van der Waals surface area contributed by atoms with Crippen LogP contribution in [0, 0.1) is 0 Å². The second kappa shape index (κ2) is 18.2. The van der Waals surface area contributed by atoms with E-state index in [-0.39, 0.29) is 0 Å². The lowest BCUT2D eigenvalue weighted by Gasteiger charge is -2.18. The minimum Gasteiger partial charge on any atom is -0.309 e. The lowest BCUT2D eigenvalue weighted by molar-refractivity contribution is 1.12. The van der Waals surface area contributed by atoms with Crippen molar-refractivity contribution in [3.63, 3.8) is 0 Å². The van der Waals surface area contributed by atoms with Crippen LogP contribution in [0.1, 0.15) is 0 Å². The highest BCUT2D eigenvalue weighted by atomic mass is 15.0. The van der Waals surface area contributed by atoms with Crippen LogP contribution in [0.5, 0.6) is 0 Å². The van der Waals surface area contributed by atoms with Crippen molar-refractivity contribution in [3.05, 3.63) is 291 Å². The van der Waals surface area contributed by atoms with Crippen LogP contribution < -0.4 is 0 Å². The molecule has 17 aromatic rings. The highest BCUT2D eigenvalue weighted by Crippen LogP contribution is 2.42. The van der Waals surface area contributed by atoms with Gasteiger partial charge in [0.1, 0.15) is 0 Å². The van der Waals surface area contributed by atoms with Gasteiger partial charge < -0.3 is 18.3 Å². The van der Waals surface area contributed by atoms with E-state index in [1.807, 2.05) is 0 Å². The Bertz CT molecular complexity index is 4650. The summed E-state index contributed by atoms with van der Waals surface area (Å²) in [6.07, 6.45) is 0. The van der Waals surface area contributed by atoms with Crippen molar-refractivity contribution in [2.24, 2.45) is 0 Å². The predicted octanol–water partition coefficient (Wildman–Crippen LogP) is 19.5. The van der Waals surface area contributed by atoms with E-state index < -0.39 is 0 Å². The summed E-state index contributed by atoms with van der Waals surface area (Å²) in [4.78, 5) is 11.5. The number of fused-ring (bicyclic) bond motifs is 12. The van der Waals surface area contributed by atoms with E-state index in [0.29, 0.717) is 5.82 Å². The molecule has 5 aromatic heterocycles. The standard InChI is InChI=1S/C76H48N6/c1-2-21-49(22-3-1)50-23-20-24-51(41-50)66-48-67(52-42-54(79-68-33-12-4-25-58(68)59-26-5-13-34-69(59)79)46-55(43-52)80-70-35-14-6-27-60(70)61-28-7-15-36-71(61)80)78-76(77-66)53-44-56(81-72-37-16-8-29-62(72)63-30-9-17-38-73(63)81)47-57(45-53)82-74-39-18-10-31-64(74)65-32-11-19-40-75(65)82/h1-48H. The average molecular weight is 1050 g/mol. The maximum atomic E-state index is 5.82. The Hall–Kier alpha value is -11.1. The van der Waals surface area contributed by atoms with Crippen LogP contribution in [0.3, 0.4) is 0 Å². The number of hydrogen-bond acceptors (Lipinski definition) is 2. The number of aromatic nitrogens is 6. The van der Waals surface area contributed by atoms with Gasteiger partial charge in [-0.05, 0) is 108 Å². The lowest BCUT2D eigenvalue weighted by Crippen LogP contribution is -2.03. The van der Waals surface area contributed by atoms with Crippen molar-refractivity contribution in [1.82, 2.24) is 28.2 Å². The van der Waals surface area contributed by atoms with Crippen molar-refractivity contribution in [2.75, 3.05) is 0 Å². The van der Waals surface area contributed by atoms with Crippen LogP contribution in [0.2, 0.25) is 0 Å². The summed E-state index contributed by atoms with van der Waals surface area (Å²) in [5, 5.41) is 9.60. The number of hydrogen-bond donors (Lipinski definition) is 0. The van der Waals surface area contributed by atoms with Crippen LogP contribution in [0.4, 0.5) is 0 Å². The van der Waals surface area contributed by atoms with Crippen LogP contribution in [0.25, 0.3) is 155 Å². The Morgan fingerprint density at radius 2 is 0.451 bits per heavy atom. The Kier molecular flexibility index (Phi) is 10.2. The van der Waals surface area contributed by atoms with Gasteiger partial charge in [0.05, 0.1) is 55.5 Å². The summed E-state index contributed by atoms with van der Waals surface area (Å²) >= 11 is 0. The van der Waals surface area contributed by atoms with Crippen LogP contribution >= 0.6 is 0 Å². The third-order valence-corrected chi connectivity index (χ3v) is 16.7. The van der Waals surface area contributed by atoms with Gasteiger partial charge in [-0.3, -0.25) is 0 Å². The van der Waals surface area contributed by atoms with E-state index in [4.69, 9.17) is 9.97 Å². The minimum atomic E-state index is 0.614. The maximum absolute atomic E-state index is 5.82. The highest BCUT2D eigenvalue weighted by molar-refractivity contribution is 6.13. The molecule has 17 rings (SSSR count). The summed E-state index contributed by atoms with van der Waals surface area (Å²) in [6, 6.07) is 105. The number of para-hydroxylation sites is 8. The smallest absolute Gasteiger partial charge is 0.160 e. The van der Waals surface area contributed by atoms with E-state index in [2.05, 4.69) is 309 Å². The molecule has 0 radical (unpaired) electrons. The fourth-order valence-corrected chi connectivity index (χ4v) is 13.1. The summed E-state index contributed by atoms with van der Waals surface area (Å²) in [5.74, 6) is 0.614. The first-order valence-electron chi connectivity index (χ1n) is 28.0. The van der Waals surface area contributed by atoms with Crippen LogP contribution in [0.15, 0.2) is 291 Å². The third kappa shape index (κ3) is 7.15. The van der Waals surface area contributed by atoms with Crippen molar-refractivity contribution < 1.29 is 0 Å². The SMILES string of the molecule is c1ccc(-c2cccc(-c3cc(-c4cc(-n5c6ccccc6c6ccccc65)cc(-n5c6ccccc6c6ccccc65)c4)nc(-c4cc(-n5c6ccccc6c6ccccc65)cc(-n5c6ccccc6c6ccccc65)c4)n3)c2)cc1. The predicted molar refractivity (Wildman–Crippen MR) is 341 cm³/mol. The molecule has 0 unspecified atom stereocenters. The van der Waals surface area contributed by atoms with Gasteiger partial charge in [0.25, 0.3) is 0 Å². The van der Waals surface area contributed by atoms with Crippen molar-refractivity contribution >= 4 is 87.2 Å². The topological polar surface area (TPSA) is 45.5 Å². The zero-order valence-electron chi connectivity index (χ0n) is 44.4. The summed E-state index contributed by atoms with van der Waals surface area (Å²) < 4.78 is 9.66. The van der Waals surface area contributed by atoms with Crippen molar-refractivity contribution in [2.45, 2.75) is 0 Å². The first kappa shape index (κ1) is 45.9. The Morgan fingerprint density at radius 3 is 0.793 bits per heavy atom. The van der Waals surface area contributed by atoms with Crippen molar-refractivity contribution in [3.8, 4) is 67.8 Å². The van der Waals surface area contributed by atoms with Gasteiger partial charge in [-0.15, -0.1) is 0 Å². The number of nitrogens with zero attached hydrogens (tertiary/aromatic N) is 6. The number of benzene rings is 12. The second-order valence-corrected chi connectivity index (χ2v) is 21.4. The van der Waals surface area contributed by atoms with Gasteiger partial charge in [0.15, 0.2) is 5.82 Å². The van der Waals surface area contributed by atoms with Gasteiger partial charge in [0.2, 0.25) is 0 Å². The minimum absolute atomic E-state index is 0.614. The molecule has 0 atom stereocenters. The lowest BCUT2D eigenvalue weighted by atomic mass is 10.00. The molecule has 0 bridgehead atoms.